The first-order chi connectivity index (χ1) is 5.02. The van der Waals surface area contributed by atoms with Gasteiger partial charge in [0.05, 0.1) is 13.0 Å². The van der Waals surface area contributed by atoms with Crippen LogP contribution in [0.1, 0.15) is 12.8 Å². The average molecular weight is 272 g/mol. The van der Waals surface area contributed by atoms with Crippen LogP contribution in [0, 0.1) is 0 Å². The van der Waals surface area contributed by atoms with Crippen LogP contribution in [0.3, 0.4) is 0 Å². The lowest BCUT2D eigenvalue weighted by atomic mass is 10.00. The molecule has 0 saturated carbocycles. The van der Waals surface area contributed by atoms with Gasteiger partial charge in [-0.25, -0.2) is 0 Å². The van der Waals surface area contributed by atoms with Crippen LogP contribution in [0.25, 0.3) is 0 Å². The molecule has 4 nitrogen and oxygen atoms in total. The summed E-state index contributed by atoms with van der Waals surface area (Å²) in [6, 6.07) is 0. The Morgan fingerprint density at radius 3 is 2.82 bits per heavy atom. The van der Waals surface area contributed by atoms with Crippen molar-refractivity contribution in [3.05, 3.63) is 0 Å². The third kappa shape index (κ3) is 2.57. The predicted molar refractivity (Wildman–Crippen MR) is 45.6 cm³/mol. The fourth-order valence-electron chi connectivity index (χ4n) is 1.07. The number of hydrogen-bond donors (Lipinski definition) is 2. The number of alkyl halides is 1. The molecule has 2 atom stereocenters. The Balaban J connectivity index is 2.48. The number of carbonyl (C=O) groups is 1. The second-order valence-electron chi connectivity index (χ2n) is 2.72. The number of rotatable bonds is 2. The Hall–Kier alpha value is 0.120. The molecule has 2 N–H and O–H groups in total. The van der Waals surface area contributed by atoms with Crippen LogP contribution >= 0.6 is 22.6 Å². The summed E-state index contributed by atoms with van der Waals surface area (Å²) in [7, 11) is 0. The molecule has 0 spiro atoms. The predicted octanol–water partition coefficient (Wildman–Crippen LogP) is 0.374. The summed E-state index contributed by atoms with van der Waals surface area (Å²) in [6.07, 6.45) is 0.173. The number of hydrogen-bond acceptors (Lipinski definition) is 3. The number of carboxylic acids is 1. The molecule has 0 aromatic carbocycles. The minimum Gasteiger partial charge on any atom is -0.481 e. The van der Waals surface area contributed by atoms with E-state index in [1.807, 2.05) is 22.6 Å². The van der Waals surface area contributed by atoms with Gasteiger partial charge in [0, 0.05) is 6.42 Å². The third-order valence-electron chi connectivity index (χ3n) is 1.55. The first-order valence-electron chi connectivity index (χ1n) is 3.22. The van der Waals surface area contributed by atoms with Crippen molar-refractivity contribution in [2.45, 2.75) is 22.6 Å². The summed E-state index contributed by atoms with van der Waals surface area (Å²) < 4.78 is 4.98. The number of ether oxygens (including phenoxy) is 1. The van der Waals surface area contributed by atoms with Gasteiger partial charge in [0.15, 0.2) is 0 Å². The van der Waals surface area contributed by atoms with Gasteiger partial charge in [0.25, 0.3) is 0 Å². The van der Waals surface area contributed by atoms with Gasteiger partial charge >= 0.3 is 5.97 Å². The van der Waals surface area contributed by atoms with E-state index in [0.29, 0.717) is 6.42 Å². The molecule has 0 aliphatic carbocycles. The monoisotopic (exact) mass is 272 g/mol. The van der Waals surface area contributed by atoms with Crippen molar-refractivity contribution in [2.75, 3.05) is 6.61 Å². The van der Waals surface area contributed by atoms with E-state index in [4.69, 9.17) is 9.84 Å². The minimum absolute atomic E-state index is 0.0584. The molecule has 2 unspecified atom stereocenters. The van der Waals surface area contributed by atoms with E-state index in [1.165, 1.54) is 0 Å². The van der Waals surface area contributed by atoms with E-state index in [1.54, 1.807) is 0 Å². The van der Waals surface area contributed by atoms with E-state index < -0.39 is 11.6 Å². The molecule has 5 heteroatoms. The lowest BCUT2D eigenvalue weighted by Crippen LogP contribution is -2.31. The standard InChI is InChI=1S/C6H9IO4/c7-4-1-6(10,3-11-4)2-5(8)9/h4,10H,1-3H2,(H,8,9). The normalized spacial score (nSPS) is 37.5. The van der Waals surface area contributed by atoms with E-state index >= 15 is 0 Å². The Bertz CT molecular complexity index is 172. The largest absolute Gasteiger partial charge is 0.481 e. The molecule has 0 aromatic rings. The number of carboxylic acid groups (broad SMARTS) is 1. The molecular formula is C6H9IO4. The summed E-state index contributed by atoms with van der Waals surface area (Å²) in [5, 5.41) is 17.9. The average Bonchev–Trinajstić information content (AvgIpc) is 2.08. The second kappa shape index (κ2) is 3.24. The molecule has 1 aliphatic rings. The molecule has 0 aromatic heterocycles. The van der Waals surface area contributed by atoms with Crippen LogP contribution in [0.2, 0.25) is 0 Å². The molecular weight excluding hydrogens is 263 g/mol. The van der Waals surface area contributed by atoms with Crippen LogP contribution in [0.15, 0.2) is 0 Å². The van der Waals surface area contributed by atoms with Gasteiger partial charge in [-0.05, 0) is 0 Å². The van der Waals surface area contributed by atoms with Gasteiger partial charge in [0.1, 0.15) is 9.71 Å². The summed E-state index contributed by atoms with van der Waals surface area (Å²) >= 11 is 2.03. The van der Waals surface area contributed by atoms with Crippen molar-refractivity contribution in [3.63, 3.8) is 0 Å². The summed E-state index contributed by atoms with van der Waals surface area (Å²) in [6.45, 7) is 0.132. The van der Waals surface area contributed by atoms with Gasteiger partial charge < -0.3 is 14.9 Å². The molecule has 1 aliphatic heterocycles. The van der Waals surface area contributed by atoms with Crippen LogP contribution < -0.4 is 0 Å². The van der Waals surface area contributed by atoms with Gasteiger partial charge in [-0.1, -0.05) is 22.6 Å². The minimum atomic E-state index is -1.14. The highest BCUT2D eigenvalue weighted by Crippen LogP contribution is 2.30. The quantitative estimate of drug-likeness (QED) is 0.563. The zero-order valence-electron chi connectivity index (χ0n) is 5.79. The molecule has 11 heavy (non-hydrogen) atoms. The van der Waals surface area contributed by atoms with Gasteiger partial charge in [0.2, 0.25) is 0 Å². The number of halogens is 1. The van der Waals surface area contributed by atoms with Gasteiger partial charge in [-0.15, -0.1) is 0 Å². The molecule has 1 fully saturated rings. The van der Waals surface area contributed by atoms with Crippen LogP contribution in [-0.4, -0.2) is 32.5 Å². The van der Waals surface area contributed by atoms with Crippen molar-refractivity contribution in [1.29, 1.82) is 0 Å². The Kier molecular flexibility index (Phi) is 2.71. The maximum absolute atomic E-state index is 10.2. The highest BCUT2D eigenvalue weighted by Gasteiger charge is 2.39. The summed E-state index contributed by atoms with van der Waals surface area (Å²) in [4.78, 5) is 10.2. The summed E-state index contributed by atoms with van der Waals surface area (Å²) in [5.74, 6) is -0.985. The van der Waals surface area contributed by atoms with E-state index in [9.17, 15) is 9.90 Å². The van der Waals surface area contributed by atoms with Crippen molar-refractivity contribution in [1.82, 2.24) is 0 Å². The topological polar surface area (TPSA) is 66.8 Å². The highest BCUT2D eigenvalue weighted by atomic mass is 127. The van der Waals surface area contributed by atoms with Crippen molar-refractivity contribution < 1.29 is 19.7 Å². The molecule has 0 bridgehead atoms. The van der Waals surface area contributed by atoms with E-state index in [2.05, 4.69) is 0 Å². The van der Waals surface area contributed by atoms with E-state index in [-0.39, 0.29) is 17.1 Å². The maximum Gasteiger partial charge on any atom is 0.306 e. The fraction of sp³-hybridized carbons (Fsp3) is 0.833. The van der Waals surface area contributed by atoms with Crippen LogP contribution in [0.5, 0.6) is 0 Å². The smallest absolute Gasteiger partial charge is 0.306 e. The Labute approximate surface area is 77.7 Å². The van der Waals surface area contributed by atoms with Crippen molar-refractivity contribution in [3.8, 4) is 0 Å². The lowest BCUT2D eigenvalue weighted by molar-refractivity contribution is -0.142. The first-order valence-corrected chi connectivity index (χ1v) is 4.46. The molecule has 1 saturated heterocycles. The van der Waals surface area contributed by atoms with E-state index in [0.717, 1.165) is 0 Å². The van der Waals surface area contributed by atoms with Gasteiger partial charge in [-0.2, -0.15) is 0 Å². The SMILES string of the molecule is O=C(O)CC1(O)COC(I)C1. The molecule has 0 amide bonds. The first kappa shape index (κ1) is 9.21. The maximum atomic E-state index is 10.2. The number of aliphatic carboxylic acids is 1. The second-order valence-corrected chi connectivity index (χ2v) is 4.11. The van der Waals surface area contributed by atoms with Gasteiger partial charge in [-0.3, -0.25) is 4.79 Å². The van der Waals surface area contributed by atoms with Crippen LogP contribution in [-0.2, 0) is 9.53 Å². The Morgan fingerprint density at radius 2 is 2.45 bits per heavy atom. The lowest BCUT2D eigenvalue weighted by Gasteiger charge is -2.16. The van der Waals surface area contributed by atoms with Crippen LogP contribution in [0.4, 0.5) is 0 Å². The Morgan fingerprint density at radius 1 is 1.82 bits per heavy atom. The molecule has 1 rings (SSSR count). The summed E-state index contributed by atoms with van der Waals surface area (Å²) in [5.41, 5.74) is -1.14. The van der Waals surface area contributed by atoms with Crippen molar-refractivity contribution >= 4 is 28.6 Å². The number of aliphatic hydroxyl groups is 1. The fourth-order valence-corrected chi connectivity index (χ4v) is 2.07. The molecule has 1 heterocycles. The third-order valence-corrected chi connectivity index (χ3v) is 2.35. The molecule has 64 valence electrons. The molecule has 0 radical (unpaired) electrons. The zero-order valence-corrected chi connectivity index (χ0v) is 7.95. The zero-order chi connectivity index (χ0) is 8.48. The highest BCUT2D eigenvalue weighted by molar-refractivity contribution is 14.1. The van der Waals surface area contributed by atoms with Crippen molar-refractivity contribution in [2.24, 2.45) is 0 Å².